The van der Waals surface area contributed by atoms with Gasteiger partial charge in [0.15, 0.2) is 0 Å². The van der Waals surface area contributed by atoms with Crippen LogP contribution in [0, 0.1) is 6.92 Å². The van der Waals surface area contributed by atoms with Crippen molar-refractivity contribution < 1.29 is 4.79 Å². The number of hydrogen-bond acceptors (Lipinski definition) is 2. The third-order valence-corrected chi connectivity index (χ3v) is 3.85. The van der Waals surface area contributed by atoms with Crippen LogP contribution in [0.4, 0.5) is 0 Å². The van der Waals surface area contributed by atoms with Crippen molar-refractivity contribution in [3.8, 4) is 0 Å². The maximum atomic E-state index is 12.6. The summed E-state index contributed by atoms with van der Waals surface area (Å²) >= 11 is 0. The molecular weight excluding hydrogens is 252 g/mol. The zero-order valence-electron chi connectivity index (χ0n) is 12.4. The van der Waals surface area contributed by atoms with Gasteiger partial charge in [-0.25, -0.2) is 0 Å². The number of aryl methyl sites for hydroxylation is 1. The highest BCUT2D eigenvalue weighted by atomic mass is 16.2. The fourth-order valence-corrected chi connectivity index (χ4v) is 2.73. The number of carbonyl (C=O) groups is 1. The van der Waals surface area contributed by atoms with Crippen molar-refractivity contribution in [2.24, 2.45) is 0 Å². The van der Waals surface area contributed by atoms with Gasteiger partial charge in [0.1, 0.15) is 5.56 Å². The van der Waals surface area contributed by atoms with Crippen LogP contribution in [-0.2, 0) is 6.54 Å². The Labute approximate surface area is 119 Å². The number of rotatable bonds is 4. The van der Waals surface area contributed by atoms with E-state index in [0.717, 1.165) is 18.5 Å². The summed E-state index contributed by atoms with van der Waals surface area (Å²) in [5.41, 5.74) is 0.987. The minimum atomic E-state index is -0.181. The number of hydrogen-bond donors (Lipinski definition) is 0. The second-order valence-corrected chi connectivity index (χ2v) is 5.18. The van der Waals surface area contributed by atoms with Gasteiger partial charge >= 0.3 is 0 Å². The molecule has 0 bridgehead atoms. The topological polar surface area (TPSA) is 42.3 Å². The lowest BCUT2D eigenvalue weighted by Gasteiger charge is -2.24. The fraction of sp³-hybridized carbons (Fsp3) is 0.500. The Morgan fingerprint density at radius 2 is 2.10 bits per heavy atom. The molecule has 1 atom stereocenters. The van der Waals surface area contributed by atoms with Gasteiger partial charge in [-0.05, 0) is 32.4 Å². The van der Waals surface area contributed by atoms with Gasteiger partial charge in [0, 0.05) is 18.8 Å². The van der Waals surface area contributed by atoms with Crippen molar-refractivity contribution in [3.63, 3.8) is 0 Å². The summed E-state index contributed by atoms with van der Waals surface area (Å²) < 4.78 is 1.64. The first-order valence-electron chi connectivity index (χ1n) is 7.28. The quantitative estimate of drug-likeness (QED) is 0.791. The summed E-state index contributed by atoms with van der Waals surface area (Å²) in [6.45, 7) is 7.09. The van der Waals surface area contributed by atoms with E-state index >= 15 is 0 Å². The maximum Gasteiger partial charge on any atom is 0.263 e. The predicted molar refractivity (Wildman–Crippen MR) is 80.0 cm³/mol. The molecule has 0 fully saturated rings. The van der Waals surface area contributed by atoms with E-state index in [4.69, 9.17) is 0 Å². The van der Waals surface area contributed by atoms with Crippen LogP contribution in [-0.4, -0.2) is 28.0 Å². The Kier molecular flexibility index (Phi) is 4.42. The van der Waals surface area contributed by atoms with Crippen LogP contribution in [0.5, 0.6) is 0 Å². The van der Waals surface area contributed by atoms with Gasteiger partial charge in [-0.1, -0.05) is 25.5 Å². The van der Waals surface area contributed by atoms with Crippen molar-refractivity contribution in [2.75, 3.05) is 6.54 Å². The third kappa shape index (κ3) is 2.55. The maximum absolute atomic E-state index is 12.6. The summed E-state index contributed by atoms with van der Waals surface area (Å²) in [6.07, 6.45) is 6.03. The van der Waals surface area contributed by atoms with E-state index in [9.17, 15) is 9.59 Å². The van der Waals surface area contributed by atoms with Gasteiger partial charge in [-0.3, -0.25) is 9.59 Å². The first kappa shape index (κ1) is 14.6. The number of carbonyl (C=O) groups excluding carboxylic acids is 1. The van der Waals surface area contributed by atoms with Crippen molar-refractivity contribution in [1.82, 2.24) is 9.47 Å². The monoisotopic (exact) mass is 274 g/mol. The molecule has 0 radical (unpaired) electrons. The molecule has 0 saturated carbocycles. The average molecular weight is 274 g/mol. The molecule has 108 valence electrons. The van der Waals surface area contributed by atoms with Gasteiger partial charge in [-0.15, -0.1) is 0 Å². The third-order valence-electron chi connectivity index (χ3n) is 3.85. The second kappa shape index (κ2) is 6.07. The number of pyridine rings is 1. The molecule has 1 aliphatic heterocycles. The minimum Gasteiger partial charge on any atom is -0.328 e. The van der Waals surface area contributed by atoms with Crippen molar-refractivity contribution in [3.05, 3.63) is 45.9 Å². The van der Waals surface area contributed by atoms with E-state index in [1.165, 1.54) is 0 Å². The molecular formula is C16H22N2O2. The molecule has 0 saturated heterocycles. The molecule has 1 aromatic heterocycles. The van der Waals surface area contributed by atoms with E-state index in [-0.39, 0.29) is 23.1 Å². The van der Waals surface area contributed by atoms with Crippen LogP contribution in [0.2, 0.25) is 0 Å². The minimum absolute atomic E-state index is 0.128. The molecule has 4 nitrogen and oxygen atoms in total. The molecule has 0 aliphatic carbocycles. The molecule has 0 spiro atoms. The number of amides is 1. The lowest BCUT2D eigenvalue weighted by Crippen LogP contribution is -2.40. The van der Waals surface area contributed by atoms with E-state index in [2.05, 4.69) is 13.0 Å². The standard InChI is InChI=1S/C16H22N2O2/c1-4-7-13-8-6-11-18(13)16(20)14-10-9-12(3)17(5-2)15(14)19/h6,8-10,13H,4-5,7,11H2,1-3H3/t13-/m0/s1. The zero-order valence-corrected chi connectivity index (χ0v) is 12.4. The zero-order chi connectivity index (χ0) is 14.7. The molecule has 2 heterocycles. The van der Waals surface area contributed by atoms with Gasteiger partial charge in [0.25, 0.3) is 11.5 Å². The largest absolute Gasteiger partial charge is 0.328 e. The predicted octanol–water partition coefficient (Wildman–Crippen LogP) is 2.36. The Hall–Kier alpha value is -1.84. The van der Waals surface area contributed by atoms with Gasteiger partial charge in [-0.2, -0.15) is 0 Å². The molecule has 20 heavy (non-hydrogen) atoms. The second-order valence-electron chi connectivity index (χ2n) is 5.18. The van der Waals surface area contributed by atoms with Crippen molar-refractivity contribution in [2.45, 2.75) is 46.2 Å². The summed E-state index contributed by atoms with van der Waals surface area (Å²) in [6, 6.07) is 3.63. The number of nitrogens with zero attached hydrogens (tertiary/aromatic N) is 2. The van der Waals surface area contributed by atoms with E-state index in [0.29, 0.717) is 13.1 Å². The summed E-state index contributed by atoms with van der Waals surface area (Å²) in [5, 5.41) is 0. The highest BCUT2D eigenvalue weighted by molar-refractivity contribution is 5.94. The highest BCUT2D eigenvalue weighted by Gasteiger charge is 2.27. The molecule has 1 amide bonds. The fourth-order valence-electron chi connectivity index (χ4n) is 2.73. The number of aromatic nitrogens is 1. The molecule has 0 unspecified atom stereocenters. The van der Waals surface area contributed by atoms with E-state index in [1.807, 2.05) is 26.0 Å². The molecule has 1 aromatic rings. The van der Waals surface area contributed by atoms with Crippen LogP contribution in [0.1, 0.15) is 42.7 Å². The highest BCUT2D eigenvalue weighted by Crippen LogP contribution is 2.17. The van der Waals surface area contributed by atoms with Gasteiger partial charge in [0.2, 0.25) is 0 Å². The average Bonchev–Trinajstić information content (AvgIpc) is 2.87. The van der Waals surface area contributed by atoms with Crippen LogP contribution in [0.15, 0.2) is 29.1 Å². The van der Waals surface area contributed by atoms with Gasteiger partial charge < -0.3 is 9.47 Å². The Morgan fingerprint density at radius 3 is 2.75 bits per heavy atom. The first-order valence-corrected chi connectivity index (χ1v) is 7.28. The smallest absolute Gasteiger partial charge is 0.263 e. The summed E-state index contributed by atoms with van der Waals surface area (Å²) in [4.78, 5) is 26.8. The lowest BCUT2D eigenvalue weighted by atomic mass is 10.1. The molecule has 0 aromatic carbocycles. The Morgan fingerprint density at radius 1 is 1.35 bits per heavy atom. The lowest BCUT2D eigenvalue weighted by molar-refractivity contribution is 0.0742. The van der Waals surface area contributed by atoms with Gasteiger partial charge in [0.05, 0.1) is 6.04 Å². The molecule has 4 heteroatoms. The van der Waals surface area contributed by atoms with Crippen LogP contribution >= 0.6 is 0 Å². The first-order chi connectivity index (χ1) is 9.60. The van der Waals surface area contributed by atoms with Crippen LogP contribution < -0.4 is 5.56 Å². The van der Waals surface area contributed by atoms with Crippen molar-refractivity contribution in [1.29, 1.82) is 0 Å². The summed E-state index contributed by atoms with van der Waals surface area (Å²) in [5.74, 6) is -0.152. The van der Waals surface area contributed by atoms with Crippen LogP contribution in [0.25, 0.3) is 0 Å². The SMILES string of the molecule is CCC[C@H]1C=CCN1C(=O)c1ccc(C)n(CC)c1=O. The van der Waals surface area contributed by atoms with E-state index < -0.39 is 0 Å². The molecule has 0 N–H and O–H groups in total. The Balaban J connectivity index is 2.33. The van der Waals surface area contributed by atoms with Crippen molar-refractivity contribution >= 4 is 5.91 Å². The molecule has 1 aliphatic rings. The summed E-state index contributed by atoms with van der Waals surface area (Å²) in [7, 11) is 0. The van der Waals surface area contributed by atoms with Crippen LogP contribution in [0.3, 0.4) is 0 Å². The molecule has 2 rings (SSSR count). The Bertz CT molecular complexity index is 587. The van der Waals surface area contributed by atoms with E-state index in [1.54, 1.807) is 15.5 Å². The normalized spacial score (nSPS) is 17.8.